The lowest BCUT2D eigenvalue weighted by atomic mass is 9.95. The second-order valence-electron chi connectivity index (χ2n) is 5.81. The van der Waals surface area contributed by atoms with Crippen molar-refractivity contribution in [2.24, 2.45) is 11.8 Å². The van der Waals surface area contributed by atoms with Crippen molar-refractivity contribution in [2.75, 3.05) is 7.11 Å². The van der Waals surface area contributed by atoms with Gasteiger partial charge in [-0.25, -0.2) is 0 Å². The molecule has 2 fully saturated rings. The number of hydrogen-bond acceptors (Lipinski definition) is 3. The summed E-state index contributed by atoms with van der Waals surface area (Å²) in [5.41, 5.74) is 1.79. The van der Waals surface area contributed by atoms with Crippen molar-refractivity contribution < 1.29 is 4.74 Å². The Morgan fingerprint density at radius 1 is 1.37 bits per heavy atom. The van der Waals surface area contributed by atoms with Crippen LogP contribution in [-0.2, 0) is 6.54 Å². The fraction of sp³-hybridized carbons (Fsp3) is 0.562. The van der Waals surface area contributed by atoms with Gasteiger partial charge in [0, 0.05) is 12.6 Å². The summed E-state index contributed by atoms with van der Waals surface area (Å²) < 4.78 is 5.17. The van der Waals surface area contributed by atoms with Crippen LogP contribution in [0, 0.1) is 23.2 Å². The first kappa shape index (κ1) is 12.5. The quantitative estimate of drug-likeness (QED) is 0.901. The minimum absolute atomic E-state index is 0.620. The zero-order chi connectivity index (χ0) is 13.2. The van der Waals surface area contributed by atoms with E-state index in [0.29, 0.717) is 17.4 Å². The predicted molar refractivity (Wildman–Crippen MR) is 73.8 cm³/mol. The Morgan fingerprint density at radius 3 is 2.89 bits per heavy atom. The molecule has 2 saturated carbocycles. The highest BCUT2D eigenvalue weighted by Gasteiger charge is 2.38. The molecule has 19 heavy (non-hydrogen) atoms. The molecule has 0 radical (unpaired) electrons. The van der Waals surface area contributed by atoms with Crippen molar-refractivity contribution in [1.82, 2.24) is 5.32 Å². The Morgan fingerprint density at radius 2 is 2.26 bits per heavy atom. The van der Waals surface area contributed by atoms with Crippen LogP contribution in [0.15, 0.2) is 18.2 Å². The van der Waals surface area contributed by atoms with E-state index in [1.54, 1.807) is 7.11 Å². The van der Waals surface area contributed by atoms with E-state index in [1.165, 1.54) is 31.2 Å². The van der Waals surface area contributed by atoms with Gasteiger partial charge in [-0.3, -0.25) is 0 Å². The number of fused-ring (bicyclic) bond motifs is 2. The number of hydrogen-bond donors (Lipinski definition) is 1. The molecule has 0 heterocycles. The first-order valence-corrected chi connectivity index (χ1v) is 7.10. The molecule has 3 unspecified atom stereocenters. The molecule has 3 nitrogen and oxygen atoms in total. The second kappa shape index (κ2) is 5.22. The summed E-state index contributed by atoms with van der Waals surface area (Å²) >= 11 is 0. The monoisotopic (exact) mass is 256 g/mol. The average Bonchev–Trinajstić information content (AvgIpc) is 3.07. The lowest BCUT2D eigenvalue weighted by Crippen LogP contribution is -2.33. The van der Waals surface area contributed by atoms with Crippen molar-refractivity contribution in [3.8, 4) is 11.8 Å². The summed E-state index contributed by atoms with van der Waals surface area (Å²) in [4.78, 5) is 0. The number of methoxy groups -OCH3 is 1. The third kappa shape index (κ3) is 2.46. The van der Waals surface area contributed by atoms with Gasteiger partial charge in [0.2, 0.25) is 0 Å². The maximum Gasteiger partial charge on any atom is 0.136 e. The number of benzene rings is 1. The zero-order valence-electron chi connectivity index (χ0n) is 11.4. The number of nitriles is 1. The van der Waals surface area contributed by atoms with E-state index in [4.69, 9.17) is 10.00 Å². The van der Waals surface area contributed by atoms with Gasteiger partial charge in [-0.2, -0.15) is 5.26 Å². The summed E-state index contributed by atoms with van der Waals surface area (Å²) in [5, 5.41) is 12.8. The van der Waals surface area contributed by atoms with Crippen molar-refractivity contribution in [2.45, 2.75) is 38.3 Å². The molecule has 1 aromatic rings. The van der Waals surface area contributed by atoms with Gasteiger partial charge in [-0.15, -0.1) is 0 Å². The number of nitrogens with zero attached hydrogens (tertiary/aromatic N) is 1. The Bertz CT molecular complexity index is 506. The van der Waals surface area contributed by atoms with Gasteiger partial charge < -0.3 is 10.1 Å². The van der Waals surface area contributed by atoms with Crippen LogP contribution in [0.25, 0.3) is 0 Å². The molecule has 0 aliphatic heterocycles. The lowest BCUT2D eigenvalue weighted by molar-refractivity contribution is 0.350. The molecule has 2 aliphatic carbocycles. The topological polar surface area (TPSA) is 45.0 Å². The largest absolute Gasteiger partial charge is 0.495 e. The fourth-order valence-corrected chi connectivity index (χ4v) is 3.70. The van der Waals surface area contributed by atoms with E-state index >= 15 is 0 Å². The van der Waals surface area contributed by atoms with Gasteiger partial charge >= 0.3 is 0 Å². The minimum atomic E-state index is 0.620. The third-order valence-electron chi connectivity index (χ3n) is 4.69. The first-order valence-electron chi connectivity index (χ1n) is 7.10. The van der Waals surface area contributed by atoms with Crippen LogP contribution in [0.4, 0.5) is 0 Å². The molecule has 2 bridgehead atoms. The summed E-state index contributed by atoms with van der Waals surface area (Å²) in [7, 11) is 1.60. The first-order chi connectivity index (χ1) is 9.30. The van der Waals surface area contributed by atoms with E-state index in [-0.39, 0.29) is 0 Å². The molecule has 1 aromatic carbocycles. The fourth-order valence-electron chi connectivity index (χ4n) is 3.70. The van der Waals surface area contributed by atoms with Gasteiger partial charge in [0.05, 0.1) is 12.7 Å². The summed E-state index contributed by atoms with van der Waals surface area (Å²) in [6.45, 7) is 0.854. The maximum atomic E-state index is 9.09. The van der Waals surface area contributed by atoms with Crippen LogP contribution < -0.4 is 10.1 Å². The maximum absolute atomic E-state index is 9.09. The molecule has 100 valence electrons. The summed E-state index contributed by atoms with van der Waals surface area (Å²) in [6, 6.07) is 8.73. The smallest absolute Gasteiger partial charge is 0.136 e. The highest BCUT2D eigenvalue weighted by Crippen LogP contribution is 2.44. The molecule has 0 saturated heterocycles. The summed E-state index contributed by atoms with van der Waals surface area (Å²) in [5.74, 6) is 2.51. The minimum Gasteiger partial charge on any atom is -0.495 e. The molecule has 2 aliphatic rings. The van der Waals surface area contributed by atoms with E-state index < -0.39 is 0 Å². The Hall–Kier alpha value is -1.53. The standard InChI is InChI=1S/C16H20N2O/c1-19-16-5-3-12(7-14(16)9-17)10-18-15-8-11-2-4-13(15)6-11/h3,5,7,11,13,15,18H,2,4,6,8,10H2,1H3. The summed E-state index contributed by atoms with van der Waals surface area (Å²) in [6.07, 6.45) is 5.59. The van der Waals surface area contributed by atoms with Gasteiger partial charge in [-0.1, -0.05) is 12.5 Å². The Balaban J connectivity index is 1.63. The normalized spacial score (nSPS) is 28.3. The van der Waals surface area contributed by atoms with Gasteiger partial charge in [0.1, 0.15) is 11.8 Å². The molecule has 3 heteroatoms. The van der Waals surface area contributed by atoms with Gasteiger partial charge in [0.15, 0.2) is 0 Å². The number of ether oxygens (including phenoxy) is 1. The molecule has 1 N–H and O–H groups in total. The number of nitrogens with one attached hydrogen (secondary N) is 1. The van der Waals surface area contributed by atoms with Crippen molar-refractivity contribution in [3.63, 3.8) is 0 Å². The highest BCUT2D eigenvalue weighted by atomic mass is 16.5. The van der Waals surface area contributed by atoms with E-state index in [0.717, 1.165) is 18.4 Å². The highest BCUT2D eigenvalue weighted by molar-refractivity contribution is 5.45. The SMILES string of the molecule is COc1ccc(CNC2CC3CCC2C3)cc1C#N. The zero-order valence-corrected chi connectivity index (χ0v) is 11.4. The Kier molecular flexibility index (Phi) is 3.44. The predicted octanol–water partition coefficient (Wildman–Crippen LogP) is 2.85. The van der Waals surface area contributed by atoms with E-state index in [2.05, 4.69) is 11.4 Å². The van der Waals surface area contributed by atoms with Crippen LogP contribution in [-0.4, -0.2) is 13.2 Å². The lowest BCUT2D eigenvalue weighted by Gasteiger charge is -2.23. The second-order valence-corrected chi connectivity index (χ2v) is 5.81. The molecule has 0 amide bonds. The van der Waals surface area contributed by atoms with Crippen LogP contribution >= 0.6 is 0 Å². The third-order valence-corrected chi connectivity index (χ3v) is 4.69. The van der Waals surface area contributed by atoms with Crippen LogP contribution in [0.3, 0.4) is 0 Å². The van der Waals surface area contributed by atoms with Crippen LogP contribution in [0.1, 0.15) is 36.8 Å². The van der Waals surface area contributed by atoms with E-state index in [1.807, 2.05) is 18.2 Å². The van der Waals surface area contributed by atoms with Crippen LogP contribution in [0.5, 0.6) is 5.75 Å². The van der Waals surface area contributed by atoms with Crippen LogP contribution in [0.2, 0.25) is 0 Å². The molecule has 3 atom stereocenters. The van der Waals surface area contributed by atoms with Crippen molar-refractivity contribution in [1.29, 1.82) is 5.26 Å². The molecule has 3 rings (SSSR count). The van der Waals surface area contributed by atoms with Gasteiger partial charge in [-0.05, 0) is 48.8 Å². The molecule has 0 spiro atoms. The van der Waals surface area contributed by atoms with Gasteiger partial charge in [0.25, 0.3) is 0 Å². The molecular formula is C16H20N2O. The van der Waals surface area contributed by atoms with Crippen molar-refractivity contribution >= 4 is 0 Å². The molecule has 0 aromatic heterocycles. The number of rotatable bonds is 4. The van der Waals surface area contributed by atoms with E-state index in [9.17, 15) is 0 Å². The molecular weight excluding hydrogens is 236 g/mol. The average molecular weight is 256 g/mol. The Labute approximate surface area is 114 Å². The van der Waals surface area contributed by atoms with Crippen molar-refractivity contribution in [3.05, 3.63) is 29.3 Å².